The third-order valence-electron chi connectivity index (χ3n) is 4.25. The summed E-state index contributed by atoms with van der Waals surface area (Å²) in [6.07, 6.45) is 2.39. The van der Waals surface area contributed by atoms with E-state index in [1.807, 2.05) is 18.2 Å². The summed E-state index contributed by atoms with van der Waals surface area (Å²) in [6.45, 7) is 0.280. The summed E-state index contributed by atoms with van der Waals surface area (Å²) in [6, 6.07) is 13.9. The molecule has 0 radical (unpaired) electrons. The van der Waals surface area contributed by atoms with Crippen molar-refractivity contribution in [3.05, 3.63) is 76.2 Å². The van der Waals surface area contributed by atoms with Crippen LogP contribution in [0.25, 0.3) is 16.6 Å². The molecule has 28 heavy (non-hydrogen) atoms. The molecular formula is C20H16N4O4. The molecule has 2 aromatic heterocycles. The number of hydrogen-bond donors (Lipinski definition) is 1. The number of H-pyrrole nitrogens is 1. The van der Waals surface area contributed by atoms with Gasteiger partial charge in [0.25, 0.3) is 11.4 Å². The number of ether oxygens (including phenoxy) is 2. The number of nitrogens with one attached hydrogen (secondary N) is 1. The Labute approximate surface area is 159 Å². The van der Waals surface area contributed by atoms with Crippen molar-refractivity contribution < 1.29 is 14.3 Å². The third-order valence-corrected chi connectivity index (χ3v) is 4.25. The lowest BCUT2D eigenvalue weighted by Gasteiger charge is -2.07. The zero-order valence-corrected chi connectivity index (χ0v) is 15.0. The van der Waals surface area contributed by atoms with Gasteiger partial charge < -0.3 is 14.5 Å². The Morgan fingerprint density at radius 2 is 1.96 bits per heavy atom. The first-order valence-electron chi connectivity index (χ1n) is 8.47. The number of carbonyl (C=O) groups is 1. The van der Waals surface area contributed by atoms with Crippen LogP contribution < -0.4 is 15.0 Å². The molecule has 0 aliphatic heterocycles. The molecule has 1 N–H and O–H groups in total. The van der Waals surface area contributed by atoms with Crippen LogP contribution in [0.3, 0.4) is 0 Å². The highest BCUT2D eigenvalue weighted by molar-refractivity contribution is 5.88. The number of fused-ring (bicyclic) bond motifs is 1. The number of pyridine rings is 1. The van der Waals surface area contributed by atoms with Crippen LogP contribution in [-0.2, 0) is 6.61 Å². The van der Waals surface area contributed by atoms with Gasteiger partial charge in [-0.25, -0.2) is 4.68 Å². The van der Waals surface area contributed by atoms with Gasteiger partial charge in [-0.3, -0.25) is 9.59 Å². The quantitative estimate of drug-likeness (QED) is 0.519. The molecule has 140 valence electrons. The summed E-state index contributed by atoms with van der Waals surface area (Å²) in [4.78, 5) is 25.5. The molecule has 0 aliphatic rings. The Bertz CT molecular complexity index is 1200. The first-order chi connectivity index (χ1) is 13.7. The van der Waals surface area contributed by atoms with Crippen LogP contribution >= 0.6 is 0 Å². The molecule has 0 saturated carbocycles. The zero-order valence-electron chi connectivity index (χ0n) is 15.0. The number of nitrogens with zero attached hydrogens (tertiary/aromatic N) is 3. The number of hydrogen-bond acceptors (Lipinski definition) is 6. The maximum absolute atomic E-state index is 12.0. The van der Waals surface area contributed by atoms with Crippen LogP contribution in [0.15, 0.2) is 59.5 Å². The highest BCUT2D eigenvalue weighted by atomic mass is 16.5. The number of aldehydes is 1. The molecule has 0 atom stereocenters. The van der Waals surface area contributed by atoms with E-state index < -0.39 is 0 Å². The first-order valence-corrected chi connectivity index (χ1v) is 8.47. The van der Waals surface area contributed by atoms with E-state index in [2.05, 4.69) is 15.3 Å². The molecule has 2 heterocycles. The predicted octanol–water partition coefficient (Wildman–Crippen LogP) is 2.51. The van der Waals surface area contributed by atoms with Gasteiger partial charge in [-0.2, -0.15) is 0 Å². The lowest BCUT2D eigenvalue weighted by atomic mass is 10.2. The zero-order chi connectivity index (χ0) is 19.5. The summed E-state index contributed by atoms with van der Waals surface area (Å²) in [5.74, 6) is 0.979. The molecule has 0 bridgehead atoms. The number of rotatable bonds is 6. The Kier molecular flexibility index (Phi) is 4.59. The second-order valence-corrected chi connectivity index (χ2v) is 6.08. The monoisotopic (exact) mass is 376 g/mol. The van der Waals surface area contributed by atoms with Gasteiger partial charge in [0.05, 0.1) is 24.5 Å². The van der Waals surface area contributed by atoms with Crippen molar-refractivity contribution in [2.45, 2.75) is 6.61 Å². The van der Waals surface area contributed by atoms with Crippen LogP contribution in [0, 0.1) is 0 Å². The molecule has 0 unspecified atom stereocenters. The molecule has 4 rings (SSSR count). The van der Waals surface area contributed by atoms with E-state index in [-0.39, 0.29) is 12.2 Å². The SMILES string of the molecule is COc1ccc2[nH]c(=O)cc(-n3cc(OCc4ccc(C=O)cc4)nn3)c2c1. The molecular weight excluding hydrogens is 360 g/mol. The highest BCUT2D eigenvalue weighted by Gasteiger charge is 2.10. The minimum Gasteiger partial charge on any atom is -0.497 e. The largest absolute Gasteiger partial charge is 0.497 e. The van der Waals surface area contributed by atoms with Gasteiger partial charge in [0.1, 0.15) is 18.6 Å². The van der Waals surface area contributed by atoms with E-state index >= 15 is 0 Å². The van der Waals surface area contributed by atoms with Gasteiger partial charge in [-0.1, -0.05) is 34.6 Å². The van der Waals surface area contributed by atoms with E-state index in [0.29, 0.717) is 28.4 Å². The fourth-order valence-electron chi connectivity index (χ4n) is 2.81. The van der Waals surface area contributed by atoms with Crippen LogP contribution in [0.5, 0.6) is 11.6 Å². The Balaban J connectivity index is 1.61. The summed E-state index contributed by atoms with van der Waals surface area (Å²) in [5, 5.41) is 8.85. The fourth-order valence-corrected chi connectivity index (χ4v) is 2.81. The molecule has 8 heteroatoms. The van der Waals surface area contributed by atoms with E-state index in [1.165, 1.54) is 10.7 Å². The van der Waals surface area contributed by atoms with Crippen molar-refractivity contribution in [1.29, 1.82) is 0 Å². The molecule has 0 saturated heterocycles. The summed E-state index contributed by atoms with van der Waals surface area (Å²) >= 11 is 0. The Morgan fingerprint density at radius 3 is 2.71 bits per heavy atom. The van der Waals surface area contributed by atoms with Crippen LogP contribution in [0.4, 0.5) is 0 Å². The second kappa shape index (κ2) is 7.36. The lowest BCUT2D eigenvalue weighted by Crippen LogP contribution is -2.08. The number of aromatic amines is 1. The third kappa shape index (κ3) is 3.48. The Hall–Kier alpha value is -3.94. The van der Waals surface area contributed by atoms with Crippen molar-refractivity contribution in [3.8, 4) is 17.3 Å². The maximum atomic E-state index is 12.0. The Morgan fingerprint density at radius 1 is 1.14 bits per heavy atom. The number of methoxy groups -OCH3 is 1. The molecule has 4 aromatic rings. The van der Waals surface area contributed by atoms with Crippen molar-refractivity contribution in [2.24, 2.45) is 0 Å². The van der Waals surface area contributed by atoms with Gasteiger partial charge >= 0.3 is 0 Å². The van der Waals surface area contributed by atoms with Crippen molar-refractivity contribution >= 4 is 17.2 Å². The van der Waals surface area contributed by atoms with Crippen LogP contribution in [-0.4, -0.2) is 33.4 Å². The van der Waals surface area contributed by atoms with Gasteiger partial charge in [-0.05, 0) is 23.8 Å². The van der Waals surface area contributed by atoms with Crippen molar-refractivity contribution in [2.75, 3.05) is 7.11 Å². The van der Waals surface area contributed by atoms with Gasteiger partial charge in [0, 0.05) is 17.0 Å². The van der Waals surface area contributed by atoms with Gasteiger partial charge in [-0.15, -0.1) is 0 Å². The van der Waals surface area contributed by atoms with Gasteiger partial charge in [0.2, 0.25) is 0 Å². The van der Waals surface area contributed by atoms with Crippen molar-refractivity contribution in [1.82, 2.24) is 20.0 Å². The smallest absolute Gasteiger partial charge is 0.254 e. The van der Waals surface area contributed by atoms with Crippen molar-refractivity contribution in [3.63, 3.8) is 0 Å². The number of carbonyl (C=O) groups excluding carboxylic acids is 1. The minimum atomic E-state index is -0.249. The van der Waals surface area contributed by atoms with E-state index in [1.54, 1.807) is 37.6 Å². The molecule has 2 aromatic carbocycles. The summed E-state index contributed by atoms with van der Waals surface area (Å²) in [5.41, 5.74) is 2.48. The van der Waals surface area contributed by atoms with Crippen LogP contribution in [0.1, 0.15) is 15.9 Å². The normalized spacial score (nSPS) is 10.8. The second-order valence-electron chi connectivity index (χ2n) is 6.08. The van der Waals surface area contributed by atoms with Gasteiger partial charge in [0.15, 0.2) is 0 Å². The summed E-state index contributed by atoms with van der Waals surface area (Å²) < 4.78 is 12.4. The topological polar surface area (TPSA) is 99.1 Å². The fraction of sp³-hybridized carbons (Fsp3) is 0.100. The molecule has 0 amide bonds. The highest BCUT2D eigenvalue weighted by Crippen LogP contribution is 2.24. The van der Waals surface area contributed by atoms with E-state index in [0.717, 1.165) is 17.2 Å². The average Bonchev–Trinajstić information content (AvgIpc) is 3.20. The maximum Gasteiger partial charge on any atom is 0.254 e. The van der Waals surface area contributed by atoms with E-state index in [9.17, 15) is 9.59 Å². The first kappa shape index (κ1) is 17.5. The number of benzene rings is 2. The van der Waals surface area contributed by atoms with E-state index in [4.69, 9.17) is 9.47 Å². The number of aromatic nitrogens is 4. The molecule has 0 aliphatic carbocycles. The average molecular weight is 376 g/mol. The molecule has 0 spiro atoms. The van der Waals surface area contributed by atoms with Crippen LogP contribution in [0.2, 0.25) is 0 Å². The predicted molar refractivity (Wildman–Crippen MR) is 102 cm³/mol. The lowest BCUT2D eigenvalue weighted by molar-refractivity contribution is 0.112. The minimum absolute atomic E-state index is 0.249. The standard InChI is InChI=1S/C20H16N4O4/c1-27-15-6-7-17-16(8-15)18(9-19(26)21-17)24-10-20(22-23-24)28-12-14-4-2-13(11-25)3-5-14/h2-11H,12H2,1H3,(H,21,26). The summed E-state index contributed by atoms with van der Waals surface area (Å²) in [7, 11) is 1.58. The molecule has 0 fully saturated rings. The molecule has 8 nitrogen and oxygen atoms in total.